The molecule has 0 spiro atoms. The lowest BCUT2D eigenvalue weighted by Gasteiger charge is -2.27. The molecule has 2 atom stereocenters. The number of amides is 1. The van der Waals surface area contributed by atoms with Gasteiger partial charge in [0.15, 0.2) is 0 Å². The highest BCUT2D eigenvalue weighted by Gasteiger charge is 2.30. The van der Waals surface area contributed by atoms with Crippen molar-refractivity contribution in [1.29, 1.82) is 0 Å². The fourth-order valence-corrected chi connectivity index (χ4v) is 3.08. The van der Waals surface area contributed by atoms with E-state index in [1.165, 1.54) is 0 Å². The number of nitrogens with zero attached hydrogens (tertiary/aromatic N) is 1. The first-order valence-electron chi connectivity index (χ1n) is 7.83. The van der Waals surface area contributed by atoms with E-state index in [1.807, 2.05) is 23.1 Å². The first kappa shape index (κ1) is 16.8. The van der Waals surface area contributed by atoms with Gasteiger partial charge in [0.2, 0.25) is 5.91 Å². The summed E-state index contributed by atoms with van der Waals surface area (Å²) in [6.45, 7) is 1.19. The summed E-state index contributed by atoms with van der Waals surface area (Å²) < 4.78 is 10.6. The number of carbonyl (C=O) groups excluding carboxylic acids is 1. The first-order valence-corrected chi connectivity index (χ1v) is 7.83. The topological polar surface area (TPSA) is 64.8 Å². The first-order chi connectivity index (χ1) is 10.7. The van der Waals surface area contributed by atoms with E-state index < -0.39 is 0 Å². The summed E-state index contributed by atoms with van der Waals surface area (Å²) in [5, 5.41) is 0. The lowest BCUT2D eigenvalue weighted by molar-refractivity contribution is -0.134. The molecule has 1 fully saturated rings. The molecule has 2 N–H and O–H groups in total. The van der Waals surface area contributed by atoms with E-state index in [0.717, 1.165) is 37.1 Å². The van der Waals surface area contributed by atoms with E-state index in [2.05, 4.69) is 6.07 Å². The fraction of sp³-hybridized carbons (Fsp3) is 0.588. The zero-order chi connectivity index (χ0) is 15.9. The third kappa shape index (κ3) is 3.99. The van der Waals surface area contributed by atoms with E-state index in [0.29, 0.717) is 13.0 Å². The number of likely N-dealkylation sites (tertiary alicyclic amines) is 1. The van der Waals surface area contributed by atoms with E-state index in [1.54, 1.807) is 14.2 Å². The molecule has 1 aromatic rings. The van der Waals surface area contributed by atoms with Crippen LogP contribution in [0.25, 0.3) is 0 Å². The van der Waals surface area contributed by atoms with E-state index in [9.17, 15) is 4.79 Å². The second-order valence-electron chi connectivity index (χ2n) is 5.70. The molecule has 0 radical (unpaired) electrons. The molecule has 122 valence electrons. The van der Waals surface area contributed by atoms with Crippen LogP contribution >= 0.6 is 0 Å². The summed E-state index contributed by atoms with van der Waals surface area (Å²) in [5.41, 5.74) is 6.76. The van der Waals surface area contributed by atoms with Crippen molar-refractivity contribution in [1.82, 2.24) is 4.90 Å². The molecule has 22 heavy (non-hydrogen) atoms. The van der Waals surface area contributed by atoms with Gasteiger partial charge in [-0.25, -0.2) is 0 Å². The van der Waals surface area contributed by atoms with Gasteiger partial charge in [0, 0.05) is 26.2 Å². The van der Waals surface area contributed by atoms with Crippen molar-refractivity contribution in [2.24, 2.45) is 5.73 Å². The Hall–Kier alpha value is -1.59. The molecule has 1 heterocycles. The standard InChI is InChI=1S/C17H26N2O3/c1-21-15(12-18)11-17(20)19-9-5-7-14(19)10-13-6-3-4-8-16(13)22-2/h3-4,6,8,14-15H,5,7,9-12,18H2,1-2H3. The molecule has 0 saturated carbocycles. The van der Waals surface area contributed by atoms with Gasteiger partial charge in [-0.05, 0) is 30.9 Å². The van der Waals surface area contributed by atoms with Crippen LogP contribution in [0.1, 0.15) is 24.8 Å². The molecule has 5 nitrogen and oxygen atoms in total. The number of nitrogens with two attached hydrogens (primary N) is 1. The van der Waals surface area contributed by atoms with Crippen molar-refractivity contribution < 1.29 is 14.3 Å². The third-order valence-electron chi connectivity index (χ3n) is 4.34. The Kier molecular flexibility index (Phi) is 6.21. The summed E-state index contributed by atoms with van der Waals surface area (Å²) in [5.74, 6) is 1.02. The lowest BCUT2D eigenvalue weighted by Crippen LogP contribution is -2.40. The minimum absolute atomic E-state index is 0.134. The summed E-state index contributed by atoms with van der Waals surface area (Å²) in [4.78, 5) is 14.5. The maximum atomic E-state index is 12.5. The van der Waals surface area contributed by atoms with Crippen molar-refractivity contribution in [3.05, 3.63) is 29.8 Å². The number of hydrogen-bond donors (Lipinski definition) is 1. The molecule has 5 heteroatoms. The maximum Gasteiger partial charge on any atom is 0.225 e. The third-order valence-corrected chi connectivity index (χ3v) is 4.34. The van der Waals surface area contributed by atoms with Crippen molar-refractivity contribution in [3.8, 4) is 5.75 Å². The van der Waals surface area contributed by atoms with Crippen molar-refractivity contribution in [2.75, 3.05) is 27.3 Å². The summed E-state index contributed by atoms with van der Waals surface area (Å²) in [7, 11) is 3.28. The molecule has 2 unspecified atom stereocenters. The molecule has 2 rings (SSSR count). The van der Waals surface area contributed by atoms with E-state index in [-0.39, 0.29) is 18.1 Å². The highest BCUT2D eigenvalue weighted by atomic mass is 16.5. The van der Waals surface area contributed by atoms with Gasteiger partial charge in [0.1, 0.15) is 5.75 Å². The fourth-order valence-electron chi connectivity index (χ4n) is 3.08. The second-order valence-corrected chi connectivity index (χ2v) is 5.70. The lowest BCUT2D eigenvalue weighted by atomic mass is 10.0. The Balaban J connectivity index is 2.02. The number of para-hydroxylation sites is 1. The molecular formula is C17H26N2O3. The van der Waals surface area contributed by atoms with Crippen LogP contribution in [-0.4, -0.2) is 50.3 Å². The molecule has 0 aromatic heterocycles. The Morgan fingerprint density at radius 2 is 2.18 bits per heavy atom. The van der Waals surface area contributed by atoms with Gasteiger partial charge in [0.05, 0.1) is 19.6 Å². The smallest absolute Gasteiger partial charge is 0.225 e. The SMILES string of the molecule is COc1ccccc1CC1CCCN1C(=O)CC(CN)OC. The average molecular weight is 306 g/mol. The van der Waals surface area contributed by atoms with Gasteiger partial charge >= 0.3 is 0 Å². The molecule has 0 aliphatic carbocycles. The van der Waals surface area contributed by atoms with E-state index in [4.69, 9.17) is 15.2 Å². The Morgan fingerprint density at radius 3 is 2.86 bits per heavy atom. The molecule has 0 bridgehead atoms. The largest absolute Gasteiger partial charge is 0.496 e. The van der Waals surface area contributed by atoms with Gasteiger partial charge in [-0.1, -0.05) is 18.2 Å². The Morgan fingerprint density at radius 1 is 1.41 bits per heavy atom. The monoisotopic (exact) mass is 306 g/mol. The second kappa shape index (κ2) is 8.15. The highest BCUT2D eigenvalue weighted by Crippen LogP contribution is 2.26. The van der Waals surface area contributed by atoms with Crippen LogP contribution in [0.3, 0.4) is 0 Å². The minimum atomic E-state index is -0.194. The minimum Gasteiger partial charge on any atom is -0.496 e. The summed E-state index contributed by atoms with van der Waals surface area (Å²) >= 11 is 0. The predicted molar refractivity (Wildman–Crippen MR) is 85.9 cm³/mol. The van der Waals surface area contributed by atoms with Crippen molar-refractivity contribution in [2.45, 2.75) is 37.8 Å². The van der Waals surface area contributed by atoms with Crippen LogP contribution in [0.2, 0.25) is 0 Å². The Bertz CT molecular complexity index is 489. The van der Waals surface area contributed by atoms with Gasteiger partial charge in [-0.15, -0.1) is 0 Å². The van der Waals surface area contributed by atoms with Gasteiger partial charge < -0.3 is 20.1 Å². The van der Waals surface area contributed by atoms with Crippen LogP contribution in [0.15, 0.2) is 24.3 Å². The van der Waals surface area contributed by atoms with Crippen molar-refractivity contribution in [3.63, 3.8) is 0 Å². The summed E-state index contributed by atoms with van der Waals surface area (Å²) in [6.07, 6.45) is 3.07. The van der Waals surface area contributed by atoms with Crippen LogP contribution in [-0.2, 0) is 16.0 Å². The number of benzene rings is 1. The molecule has 1 saturated heterocycles. The number of methoxy groups -OCH3 is 2. The molecule has 1 aliphatic heterocycles. The molecule has 1 amide bonds. The number of rotatable bonds is 7. The van der Waals surface area contributed by atoms with E-state index >= 15 is 0 Å². The van der Waals surface area contributed by atoms with Crippen LogP contribution in [0.4, 0.5) is 0 Å². The molecular weight excluding hydrogens is 280 g/mol. The summed E-state index contributed by atoms with van der Waals surface area (Å²) in [6, 6.07) is 8.24. The molecule has 1 aliphatic rings. The molecule has 1 aromatic carbocycles. The van der Waals surface area contributed by atoms with Gasteiger partial charge in [-0.3, -0.25) is 4.79 Å². The van der Waals surface area contributed by atoms with Crippen LogP contribution in [0.5, 0.6) is 5.75 Å². The zero-order valence-electron chi connectivity index (χ0n) is 13.5. The maximum absolute atomic E-state index is 12.5. The average Bonchev–Trinajstić information content (AvgIpc) is 3.01. The number of ether oxygens (including phenoxy) is 2. The van der Waals surface area contributed by atoms with Crippen molar-refractivity contribution >= 4 is 5.91 Å². The number of hydrogen-bond acceptors (Lipinski definition) is 4. The normalized spacial score (nSPS) is 19.2. The van der Waals surface area contributed by atoms with Crippen LogP contribution < -0.4 is 10.5 Å². The number of carbonyl (C=O) groups is 1. The zero-order valence-corrected chi connectivity index (χ0v) is 13.5. The van der Waals surface area contributed by atoms with Crippen LogP contribution in [0, 0.1) is 0 Å². The van der Waals surface area contributed by atoms with Gasteiger partial charge in [-0.2, -0.15) is 0 Å². The highest BCUT2D eigenvalue weighted by molar-refractivity contribution is 5.77. The predicted octanol–water partition coefficient (Wildman–Crippen LogP) is 1.59. The van der Waals surface area contributed by atoms with Gasteiger partial charge in [0.25, 0.3) is 0 Å². The Labute approximate surface area is 132 Å². The quantitative estimate of drug-likeness (QED) is 0.831.